The molecule has 0 aromatic heterocycles. The predicted octanol–water partition coefficient (Wildman–Crippen LogP) is 1.04. The van der Waals surface area contributed by atoms with Crippen molar-refractivity contribution in [3.05, 3.63) is 149 Å². The van der Waals surface area contributed by atoms with Gasteiger partial charge in [-0.15, -0.1) is 11.1 Å². The van der Waals surface area contributed by atoms with Crippen molar-refractivity contribution in [2.75, 3.05) is 0 Å². The molecule has 38 heavy (non-hydrogen) atoms. The third-order valence-corrected chi connectivity index (χ3v) is 12.3. The van der Waals surface area contributed by atoms with Crippen molar-refractivity contribution in [2.24, 2.45) is 0 Å². The van der Waals surface area contributed by atoms with E-state index in [0.29, 0.717) is 0 Å². The van der Waals surface area contributed by atoms with Crippen LogP contribution in [0.15, 0.2) is 109 Å². The zero-order valence-corrected chi connectivity index (χ0v) is 27.3. The number of rotatable bonds is 2. The molecule has 4 heteroatoms. The van der Waals surface area contributed by atoms with Crippen LogP contribution >= 0.6 is 0 Å². The fourth-order valence-electron chi connectivity index (χ4n) is 4.46. The molecule has 192 valence electrons. The van der Waals surface area contributed by atoms with E-state index >= 15 is 0 Å². The molecule has 0 heterocycles. The van der Waals surface area contributed by atoms with E-state index < -0.39 is 5.43 Å². The van der Waals surface area contributed by atoms with Crippen LogP contribution in [0.25, 0.3) is 11.1 Å². The monoisotopic (exact) mass is 628 g/mol. The Morgan fingerprint density at radius 1 is 0.658 bits per heavy atom. The molecule has 5 aromatic rings. The Morgan fingerprint density at radius 3 is 1.74 bits per heavy atom. The molecule has 6 rings (SSSR count). The van der Waals surface area contributed by atoms with Crippen LogP contribution in [0.2, 0.25) is 0 Å². The molecule has 0 spiro atoms. The number of fused-ring (bicyclic) bond motifs is 3. The zero-order chi connectivity index (χ0) is 25.5. The maximum absolute atomic E-state index is 3.45. The summed E-state index contributed by atoms with van der Waals surface area (Å²) in [6.45, 7) is 8.60. The Labute approximate surface area is 256 Å². The Kier molecular flexibility index (Phi) is 13.1. The number of benzene rings is 4. The molecule has 0 amide bonds. The first-order chi connectivity index (χ1) is 17.4. The van der Waals surface area contributed by atoms with Gasteiger partial charge in [0.2, 0.25) is 0 Å². The molecular weight excluding hydrogens is 599 g/mol. The van der Waals surface area contributed by atoms with Crippen molar-refractivity contribution in [3.63, 3.8) is 0 Å². The van der Waals surface area contributed by atoms with Crippen LogP contribution in [0.5, 0.6) is 0 Å². The van der Waals surface area contributed by atoms with Gasteiger partial charge < -0.3 is 24.8 Å². The molecular formula is C34H32Cl2SiZr-2. The second kappa shape index (κ2) is 15.5. The van der Waals surface area contributed by atoms with Gasteiger partial charge in [-0.25, -0.2) is 12.1 Å². The van der Waals surface area contributed by atoms with Crippen molar-refractivity contribution in [1.82, 2.24) is 0 Å². The van der Waals surface area contributed by atoms with E-state index in [0.717, 1.165) is 6.42 Å². The van der Waals surface area contributed by atoms with Gasteiger partial charge in [0.05, 0.1) is 0 Å². The summed E-state index contributed by atoms with van der Waals surface area (Å²) in [6.07, 6.45) is 1.05. The SMILES string of the molecule is Cc1[c-]c2c(cc1)-c1ccc(C)cc1C2.Cc1cccc([Si](=[Zr+2])c2cccc(C)c2)c1.[Cl-].[Cl-].c1cc[cH-]c1. The molecule has 0 radical (unpaired) electrons. The van der Waals surface area contributed by atoms with Crippen LogP contribution in [-0.2, 0) is 29.8 Å². The van der Waals surface area contributed by atoms with Gasteiger partial charge in [-0.2, -0.15) is 42.0 Å². The maximum Gasteiger partial charge on any atom is -0.172 e. The number of aryl methyl sites for hydroxylation is 4. The third-order valence-electron chi connectivity index (χ3n) is 6.26. The minimum Gasteiger partial charge on any atom is -1.00 e. The van der Waals surface area contributed by atoms with Gasteiger partial charge in [0.1, 0.15) is 0 Å². The summed E-state index contributed by atoms with van der Waals surface area (Å²) in [7, 11) is 0. The van der Waals surface area contributed by atoms with Gasteiger partial charge in [-0.3, -0.25) is 0 Å². The van der Waals surface area contributed by atoms with E-state index in [-0.39, 0.29) is 24.8 Å². The van der Waals surface area contributed by atoms with Crippen molar-refractivity contribution in [3.8, 4) is 11.1 Å². The average molecular weight is 631 g/mol. The van der Waals surface area contributed by atoms with Gasteiger partial charge in [0.15, 0.2) is 0 Å². The Balaban J connectivity index is 0.000000216. The minimum atomic E-state index is -0.499. The number of hydrogen-bond donors (Lipinski definition) is 0. The summed E-state index contributed by atoms with van der Waals surface area (Å²) in [5.74, 6) is 0. The fourth-order valence-corrected chi connectivity index (χ4v) is 8.35. The first-order valence-electron chi connectivity index (χ1n) is 12.4. The van der Waals surface area contributed by atoms with Crippen molar-refractivity contribution < 1.29 is 48.1 Å². The summed E-state index contributed by atoms with van der Waals surface area (Å²) >= 11 is 1.65. The summed E-state index contributed by atoms with van der Waals surface area (Å²) in [6, 6.07) is 42.5. The molecule has 1 aliphatic rings. The smallest absolute Gasteiger partial charge is 0.172 e. The Bertz CT molecular complexity index is 1360. The second-order valence-corrected chi connectivity index (χ2v) is 15.0. The van der Waals surface area contributed by atoms with Gasteiger partial charge in [0, 0.05) is 0 Å². The molecule has 0 fully saturated rings. The van der Waals surface area contributed by atoms with E-state index in [2.05, 4.69) is 113 Å². The number of halogens is 2. The van der Waals surface area contributed by atoms with Crippen LogP contribution in [0.1, 0.15) is 33.4 Å². The van der Waals surface area contributed by atoms with Crippen molar-refractivity contribution >= 4 is 15.8 Å². The summed E-state index contributed by atoms with van der Waals surface area (Å²) in [4.78, 5) is 0. The minimum absolute atomic E-state index is 0. The molecule has 0 aliphatic heterocycles. The molecule has 0 saturated heterocycles. The molecule has 0 N–H and O–H groups in total. The standard InChI is InChI=1S/C15H13.C14H14Si.C5H5.2ClH.Zr/c1-10-3-5-14-12(7-10)9-13-8-11(2)4-6-15(13)14;1-11-5-3-7-13(9-11)15-14-8-4-6-12(2)10-14;1-2-4-5-3-1;;;/h3-7H,9H2,1-2H3;3-10H,1-2H3;1-5H;2*1H;/q-1;;-1;;;+2/p-2. The average Bonchev–Trinajstić information content (AvgIpc) is 3.55. The van der Waals surface area contributed by atoms with E-state index in [4.69, 9.17) is 0 Å². The normalized spacial score (nSPS) is 10.3. The van der Waals surface area contributed by atoms with Gasteiger partial charge in [-0.1, -0.05) is 36.2 Å². The molecule has 0 bridgehead atoms. The predicted molar refractivity (Wildman–Crippen MR) is 152 cm³/mol. The Hall–Kier alpha value is -2.09. The van der Waals surface area contributed by atoms with Gasteiger partial charge in [-0.05, 0) is 18.9 Å². The van der Waals surface area contributed by atoms with Gasteiger partial charge in [0.25, 0.3) is 0 Å². The van der Waals surface area contributed by atoms with E-state index in [1.807, 2.05) is 30.3 Å². The molecule has 0 unspecified atom stereocenters. The summed E-state index contributed by atoms with van der Waals surface area (Å²) < 4.78 is 0. The first-order valence-corrected chi connectivity index (χ1v) is 17.6. The van der Waals surface area contributed by atoms with Gasteiger partial charge >= 0.3 is 113 Å². The van der Waals surface area contributed by atoms with Crippen LogP contribution in [0, 0.1) is 33.8 Å². The molecule has 0 saturated carbocycles. The molecule has 1 aliphatic carbocycles. The van der Waals surface area contributed by atoms with Crippen LogP contribution in [0.3, 0.4) is 0 Å². The van der Waals surface area contributed by atoms with Crippen LogP contribution in [0.4, 0.5) is 0 Å². The Morgan fingerprint density at radius 2 is 1.21 bits per heavy atom. The van der Waals surface area contributed by atoms with E-state index in [1.165, 1.54) is 54.9 Å². The van der Waals surface area contributed by atoms with E-state index in [1.54, 1.807) is 23.3 Å². The fraction of sp³-hybridized carbons (Fsp3) is 0.147. The summed E-state index contributed by atoms with van der Waals surface area (Å²) in [5, 5.41) is 3.07. The molecule has 0 nitrogen and oxygen atoms in total. The summed E-state index contributed by atoms with van der Waals surface area (Å²) in [5.41, 5.74) is 10.4. The molecule has 0 atom stereocenters. The largest absolute Gasteiger partial charge is 1.00 e. The third kappa shape index (κ3) is 8.72. The van der Waals surface area contributed by atoms with Crippen LogP contribution in [-0.4, -0.2) is 5.43 Å². The topological polar surface area (TPSA) is 0 Å². The molecule has 5 aromatic carbocycles. The quantitative estimate of drug-likeness (QED) is 0.198. The van der Waals surface area contributed by atoms with E-state index in [9.17, 15) is 0 Å². The van der Waals surface area contributed by atoms with Crippen molar-refractivity contribution in [2.45, 2.75) is 34.1 Å². The van der Waals surface area contributed by atoms with Crippen LogP contribution < -0.4 is 35.2 Å². The zero-order valence-electron chi connectivity index (χ0n) is 22.4. The second-order valence-electron chi connectivity index (χ2n) is 9.45. The number of hydrogen-bond acceptors (Lipinski definition) is 0. The maximum atomic E-state index is 3.45. The van der Waals surface area contributed by atoms with Crippen molar-refractivity contribution in [1.29, 1.82) is 0 Å². The first kappa shape index (κ1) is 32.1.